The van der Waals surface area contributed by atoms with Crippen molar-refractivity contribution >= 4 is 23.2 Å². The van der Waals surface area contributed by atoms with E-state index in [1.54, 1.807) is 0 Å². The molecule has 0 saturated heterocycles. The molecule has 1 rings (SSSR count). The van der Waals surface area contributed by atoms with Crippen LogP contribution in [0.4, 0.5) is 0 Å². The highest BCUT2D eigenvalue weighted by atomic mass is 35.5. The third-order valence-electron chi connectivity index (χ3n) is 1.88. The van der Waals surface area contributed by atoms with Crippen molar-refractivity contribution in [3.8, 4) is 0 Å². The number of hydrogen-bond acceptors (Lipinski definition) is 2. The standard InChI is InChI=1S/C7H14Cl2N2/c1-11(2)10-4-3-6-5-7(6,8)9/h6,10H,3-5H2,1-2H3. The number of rotatable bonds is 4. The van der Waals surface area contributed by atoms with Crippen LogP contribution in [0, 0.1) is 5.92 Å². The predicted octanol–water partition coefficient (Wildman–Crippen LogP) is 1.64. The molecule has 1 fully saturated rings. The predicted molar refractivity (Wildman–Crippen MR) is 48.9 cm³/mol. The fourth-order valence-electron chi connectivity index (χ4n) is 1.05. The second-order valence-corrected chi connectivity index (χ2v) is 4.80. The fraction of sp³-hybridized carbons (Fsp3) is 1.00. The molecule has 1 unspecified atom stereocenters. The minimum atomic E-state index is -0.409. The quantitative estimate of drug-likeness (QED) is 0.544. The summed E-state index contributed by atoms with van der Waals surface area (Å²) in [6.07, 6.45) is 2.01. The van der Waals surface area contributed by atoms with Crippen molar-refractivity contribution in [3.63, 3.8) is 0 Å². The van der Waals surface area contributed by atoms with E-state index in [0.29, 0.717) is 5.92 Å². The first-order valence-electron chi connectivity index (χ1n) is 3.81. The Bertz CT molecular complexity index is 136. The van der Waals surface area contributed by atoms with Gasteiger partial charge in [0.25, 0.3) is 0 Å². The molecule has 0 aliphatic heterocycles. The summed E-state index contributed by atoms with van der Waals surface area (Å²) >= 11 is 11.7. The van der Waals surface area contributed by atoms with Gasteiger partial charge < -0.3 is 0 Å². The first-order chi connectivity index (χ1) is 5.02. The van der Waals surface area contributed by atoms with Crippen LogP contribution >= 0.6 is 23.2 Å². The van der Waals surface area contributed by atoms with E-state index in [2.05, 4.69) is 5.43 Å². The van der Waals surface area contributed by atoms with Crippen LogP contribution in [0.15, 0.2) is 0 Å². The number of hydrazine groups is 1. The normalized spacial score (nSPS) is 27.5. The molecule has 11 heavy (non-hydrogen) atoms. The van der Waals surface area contributed by atoms with Gasteiger partial charge in [0.05, 0.1) is 0 Å². The van der Waals surface area contributed by atoms with E-state index in [4.69, 9.17) is 23.2 Å². The molecular weight excluding hydrogens is 183 g/mol. The summed E-state index contributed by atoms with van der Waals surface area (Å²) in [5, 5.41) is 1.94. The molecule has 0 radical (unpaired) electrons. The molecule has 1 aliphatic carbocycles. The molecule has 0 aromatic rings. The zero-order chi connectivity index (χ0) is 8.48. The maximum absolute atomic E-state index is 5.85. The lowest BCUT2D eigenvalue weighted by molar-refractivity contribution is 0.285. The summed E-state index contributed by atoms with van der Waals surface area (Å²) in [6.45, 7) is 0.957. The Labute approximate surface area is 77.8 Å². The van der Waals surface area contributed by atoms with Gasteiger partial charge in [0.15, 0.2) is 0 Å². The lowest BCUT2D eigenvalue weighted by Crippen LogP contribution is -2.31. The van der Waals surface area contributed by atoms with E-state index in [9.17, 15) is 0 Å². The molecule has 66 valence electrons. The Morgan fingerprint density at radius 2 is 2.09 bits per heavy atom. The van der Waals surface area contributed by atoms with Crippen LogP contribution in [-0.2, 0) is 0 Å². The molecule has 0 bridgehead atoms. The molecule has 4 heteroatoms. The molecule has 1 N–H and O–H groups in total. The Morgan fingerprint density at radius 1 is 1.55 bits per heavy atom. The van der Waals surface area contributed by atoms with Crippen molar-refractivity contribution in [3.05, 3.63) is 0 Å². The first kappa shape index (κ1) is 9.59. The second-order valence-electron chi connectivity index (χ2n) is 3.25. The van der Waals surface area contributed by atoms with E-state index in [1.165, 1.54) is 0 Å². The lowest BCUT2D eigenvalue weighted by atomic mass is 10.3. The number of alkyl halides is 2. The number of nitrogens with zero attached hydrogens (tertiary/aromatic N) is 1. The summed E-state index contributed by atoms with van der Waals surface area (Å²) in [5.41, 5.74) is 3.17. The zero-order valence-corrected chi connectivity index (χ0v) is 8.41. The average Bonchev–Trinajstić information content (AvgIpc) is 2.39. The molecule has 0 aromatic carbocycles. The maximum Gasteiger partial charge on any atom is 0.121 e. The summed E-state index contributed by atoms with van der Waals surface area (Å²) in [7, 11) is 3.95. The van der Waals surface area contributed by atoms with Crippen molar-refractivity contribution in [2.75, 3.05) is 20.6 Å². The van der Waals surface area contributed by atoms with Crippen LogP contribution in [0.1, 0.15) is 12.8 Å². The van der Waals surface area contributed by atoms with Crippen LogP contribution in [0.25, 0.3) is 0 Å². The highest BCUT2D eigenvalue weighted by Gasteiger charge is 2.50. The van der Waals surface area contributed by atoms with E-state index in [0.717, 1.165) is 19.4 Å². The largest absolute Gasteiger partial charge is 0.256 e. The van der Waals surface area contributed by atoms with E-state index >= 15 is 0 Å². The minimum absolute atomic E-state index is 0.409. The topological polar surface area (TPSA) is 15.3 Å². The van der Waals surface area contributed by atoms with Crippen molar-refractivity contribution in [2.45, 2.75) is 17.2 Å². The zero-order valence-electron chi connectivity index (χ0n) is 6.90. The Morgan fingerprint density at radius 3 is 2.45 bits per heavy atom. The molecule has 0 heterocycles. The van der Waals surface area contributed by atoms with Gasteiger partial charge in [-0.2, -0.15) is 0 Å². The number of nitrogens with one attached hydrogen (secondary N) is 1. The molecule has 1 aliphatic rings. The highest BCUT2D eigenvalue weighted by molar-refractivity contribution is 6.50. The van der Waals surface area contributed by atoms with Gasteiger partial charge in [-0.3, -0.25) is 10.4 Å². The second kappa shape index (κ2) is 3.48. The van der Waals surface area contributed by atoms with E-state index in [-0.39, 0.29) is 0 Å². The van der Waals surface area contributed by atoms with E-state index in [1.807, 2.05) is 19.1 Å². The van der Waals surface area contributed by atoms with Crippen LogP contribution in [0.3, 0.4) is 0 Å². The van der Waals surface area contributed by atoms with Crippen molar-refractivity contribution in [2.24, 2.45) is 5.92 Å². The molecule has 0 aromatic heterocycles. The summed E-state index contributed by atoms with van der Waals surface area (Å²) in [4.78, 5) is 0. The van der Waals surface area contributed by atoms with Gasteiger partial charge in [-0.05, 0) is 18.8 Å². The van der Waals surface area contributed by atoms with Crippen LogP contribution in [0.5, 0.6) is 0 Å². The summed E-state index contributed by atoms with van der Waals surface area (Å²) in [6, 6.07) is 0. The molecule has 1 saturated carbocycles. The smallest absolute Gasteiger partial charge is 0.121 e. The molecule has 0 spiro atoms. The molecule has 1 atom stereocenters. The first-order valence-corrected chi connectivity index (χ1v) is 4.56. The molecular formula is C7H14Cl2N2. The van der Waals surface area contributed by atoms with Gasteiger partial charge in [-0.25, -0.2) is 0 Å². The Kier molecular flexibility index (Phi) is 3.03. The van der Waals surface area contributed by atoms with Crippen molar-refractivity contribution < 1.29 is 0 Å². The minimum Gasteiger partial charge on any atom is -0.256 e. The van der Waals surface area contributed by atoms with Gasteiger partial charge >= 0.3 is 0 Å². The Hall–Kier alpha value is 0.500. The van der Waals surface area contributed by atoms with Gasteiger partial charge in [-0.1, -0.05) is 0 Å². The van der Waals surface area contributed by atoms with Gasteiger partial charge in [0.1, 0.15) is 4.33 Å². The SMILES string of the molecule is CN(C)NCCC1CC1(Cl)Cl. The monoisotopic (exact) mass is 196 g/mol. The van der Waals surface area contributed by atoms with E-state index < -0.39 is 4.33 Å². The number of hydrogen-bond donors (Lipinski definition) is 1. The van der Waals surface area contributed by atoms with Gasteiger partial charge in [-0.15, -0.1) is 23.2 Å². The van der Waals surface area contributed by atoms with Crippen LogP contribution in [-0.4, -0.2) is 30.0 Å². The summed E-state index contributed by atoms with van der Waals surface area (Å²) in [5.74, 6) is 0.498. The number of halogens is 2. The van der Waals surface area contributed by atoms with Crippen molar-refractivity contribution in [1.29, 1.82) is 0 Å². The van der Waals surface area contributed by atoms with Crippen LogP contribution < -0.4 is 5.43 Å². The van der Waals surface area contributed by atoms with Gasteiger partial charge in [0.2, 0.25) is 0 Å². The Balaban J connectivity index is 1.98. The third-order valence-corrected chi connectivity index (χ3v) is 2.80. The summed E-state index contributed by atoms with van der Waals surface area (Å²) < 4.78 is -0.409. The lowest BCUT2D eigenvalue weighted by Gasteiger charge is -2.11. The van der Waals surface area contributed by atoms with Crippen molar-refractivity contribution in [1.82, 2.24) is 10.4 Å². The highest BCUT2D eigenvalue weighted by Crippen LogP contribution is 2.54. The molecule has 0 amide bonds. The van der Waals surface area contributed by atoms with Gasteiger partial charge in [0, 0.05) is 20.6 Å². The maximum atomic E-state index is 5.85. The average molecular weight is 197 g/mol. The fourth-order valence-corrected chi connectivity index (χ4v) is 1.64. The third kappa shape index (κ3) is 3.16. The van der Waals surface area contributed by atoms with Crippen LogP contribution in [0.2, 0.25) is 0 Å². The molecule has 2 nitrogen and oxygen atoms in total.